The van der Waals surface area contributed by atoms with E-state index in [0.29, 0.717) is 10.8 Å². The molecule has 6 heteroatoms. The van der Waals surface area contributed by atoms with Crippen LogP contribution in [0.1, 0.15) is 44.6 Å². The molecular formula is C20H21N3O2S. The van der Waals surface area contributed by atoms with Gasteiger partial charge in [0, 0.05) is 34.6 Å². The second-order valence-electron chi connectivity index (χ2n) is 6.83. The van der Waals surface area contributed by atoms with Crippen LogP contribution in [0.25, 0.3) is 11.0 Å². The van der Waals surface area contributed by atoms with Crippen molar-refractivity contribution in [2.45, 2.75) is 32.2 Å². The lowest BCUT2D eigenvalue weighted by Crippen LogP contribution is -2.32. The maximum Gasteiger partial charge on any atom is 0.345 e. The summed E-state index contributed by atoms with van der Waals surface area (Å²) in [6.45, 7) is 4.84. The fourth-order valence-corrected chi connectivity index (χ4v) is 4.48. The van der Waals surface area contributed by atoms with Crippen LogP contribution in [0.3, 0.4) is 0 Å². The Hall–Kier alpha value is -2.31. The van der Waals surface area contributed by atoms with Crippen LogP contribution in [0.2, 0.25) is 0 Å². The highest BCUT2D eigenvalue weighted by molar-refractivity contribution is 7.14. The van der Waals surface area contributed by atoms with Crippen LogP contribution >= 0.6 is 11.3 Å². The van der Waals surface area contributed by atoms with Gasteiger partial charge < -0.3 is 5.11 Å². The van der Waals surface area contributed by atoms with E-state index < -0.39 is 5.97 Å². The number of hydrogen-bond acceptors (Lipinski definition) is 5. The number of rotatable bonds is 4. The first-order chi connectivity index (χ1) is 12.6. The molecule has 0 amide bonds. The summed E-state index contributed by atoms with van der Waals surface area (Å²) in [6.07, 6.45) is 3.93. The SMILES string of the molecule is Cc1sc(C(=O)O)cc1CN1CCC(c2ccc3cccnc3n2)CC1. The van der Waals surface area contributed by atoms with Gasteiger partial charge >= 0.3 is 5.97 Å². The number of pyridine rings is 2. The number of carboxylic acids is 1. The smallest absolute Gasteiger partial charge is 0.345 e. The third-order valence-corrected chi connectivity index (χ3v) is 6.20. The van der Waals surface area contributed by atoms with E-state index in [1.807, 2.05) is 25.1 Å². The van der Waals surface area contributed by atoms with Crippen LogP contribution in [0.4, 0.5) is 0 Å². The summed E-state index contributed by atoms with van der Waals surface area (Å²) in [5, 5.41) is 10.2. The third kappa shape index (κ3) is 3.48. The monoisotopic (exact) mass is 367 g/mol. The zero-order valence-electron chi connectivity index (χ0n) is 14.7. The number of likely N-dealkylation sites (tertiary alicyclic amines) is 1. The Morgan fingerprint density at radius 2 is 2.12 bits per heavy atom. The van der Waals surface area contributed by atoms with Crippen LogP contribution in [0, 0.1) is 6.92 Å². The number of carbonyl (C=O) groups is 1. The lowest BCUT2D eigenvalue weighted by Gasteiger charge is -2.31. The maximum atomic E-state index is 11.1. The fourth-order valence-electron chi connectivity index (χ4n) is 3.60. The second kappa shape index (κ2) is 7.13. The number of aromatic carboxylic acids is 1. The molecule has 26 heavy (non-hydrogen) atoms. The summed E-state index contributed by atoms with van der Waals surface area (Å²) in [6, 6.07) is 10.0. The second-order valence-corrected chi connectivity index (χ2v) is 8.09. The number of nitrogens with zero attached hydrogens (tertiary/aromatic N) is 3. The van der Waals surface area contributed by atoms with Gasteiger partial charge in [-0.25, -0.2) is 14.8 Å². The van der Waals surface area contributed by atoms with Crippen molar-refractivity contribution in [1.82, 2.24) is 14.9 Å². The number of piperidine rings is 1. The lowest BCUT2D eigenvalue weighted by atomic mass is 9.92. The highest BCUT2D eigenvalue weighted by Gasteiger charge is 2.23. The molecular weight excluding hydrogens is 346 g/mol. The van der Waals surface area contributed by atoms with Crippen molar-refractivity contribution in [3.8, 4) is 0 Å². The maximum absolute atomic E-state index is 11.1. The van der Waals surface area contributed by atoms with Crippen LogP contribution in [0.5, 0.6) is 0 Å². The molecule has 1 N–H and O–H groups in total. The largest absolute Gasteiger partial charge is 0.477 e. The Labute approximate surface area is 156 Å². The molecule has 0 spiro atoms. The van der Waals surface area contributed by atoms with E-state index in [9.17, 15) is 4.79 Å². The topological polar surface area (TPSA) is 66.3 Å². The number of carboxylic acid groups (broad SMARTS) is 1. The fraction of sp³-hybridized carbons (Fsp3) is 0.350. The minimum absolute atomic E-state index is 0.431. The highest BCUT2D eigenvalue weighted by atomic mass is 32.1. The summed E-state index contributed by atoms with van der Waals surface area (Å²) < 4.78 is 0. The quantitative estimate of drug-likeness (QED) is 0.753. The Kier molecular flexibility index (Phi) is 4.70. The summed E-state index contributed by atoms with van der Waals surface area (Å²) >= 11 is 1.37. The average Bonchev–Trinajstić information content (AvgIpc) is 3.03. The zero-order chi connectivity index (χ0) is 18.1. The van der Waals surface area contributed by atoms with Gasteiger partial charge in [0.05, 0.1) is 0 Å². The van der Waals surface area contributed by atoms with Crippen LogP contribution < -0.4 is 0 Å². The molecule has 0 aliphatic carbocycles. The van der Waals surface area contributed by atoms with E-state index >= 15 is 0 Å². The number of hydrogen-bond donors (Lipinski definition) is 1. The average molecular weight is 367 g/mol. The first-order valence-corrected chi connectivity index (χ1v) is 9.68. The molecule has 0 radical (unpaired) electrons. The van der Waals surface area contributed by atoms with Crippen molar-refractivity contribution in [3.63, 3.8) is 0 Å². The van der Waals surface area contributed by atoms with Crippen molar-refractivity contribution in [3.05, 3.63) is 57.5 Å². The molecule has 1 aliphatic heterocycles. The van der Waals surface area contributed by atoms with Crippen molar-refractivity contribution in [1.29, 1.82) is 0 Å². The Balaban J connectivity index is 1.41. The first-order valence-electron chi connectivity index (χ1n) is 8.87. The van der Waals surface area contributed by atoms with E-state index in [0.717, 1.165) is 59.6 Å². The van der Waals surface area contributed by atoms with Crippen molar-refractivity contribution in [2.75, 3.05) is 13.1 Å². The third-order valence-electron chi connectivity index (χ3n) is 5.12. The zero-order valence-corrected chi connectivity index (χ0v) is 15.5. The lowest BCUT2D eigenvalue weighted by molar-refractivity contribution is 0.0702. The molecule has 1 aliphatic rings. The molecule has 0 aromatic carbocycles. The molecule has 5 nitrogen and oxygen atoms in total. The molecule has 134 valence electrons. The molecule has 1 fully saturated rings. The van der Waals surface area contributed by atoms with E-state index in [-0.39, 0.29) is 0 Å². The first kappa shape index (κ1) is 17.1. The van der Waals surface area contributed by atoms with Gasteiger partial charge in [-0.2, -0.15) is 0 Å². The molecule has 3 aromatic rings. The highest BCUT2D eigenvalue weighted by Crippen LogP contribution is 2.30. The van der Waals surface area contributed by atoms with Gasteiger partial charge in [-0.05, 0) is 68.8 Å². The molecule has 1 saturated heterocycles. The normalized spacial score (nSPS) is 16.2. The molecule has 0 saturated carbocycles. The number of aromatic nitrogens is 2. The Bertz CT molecular complexity index is 945. The van der Waals surface area contributed by atoms with Crippen molar-refractivity contribution < 1.29 is 9.90 Å². The van der Waals surface area contributed by atoms with E-state index in [1.165, 1.54) is 11.3 Å². The predicted molar refractivity (Wildman–Crippen MR) is 103 cm³/mol. The van der Waals surface area contributed by atoms with Crippen molar-refractivity contribution >= 4 is 28.3 Å². The number of aryl methyl sites for hydroxylation is 1. The van der Waals surface area contributed by atoms with E-state index in [4.69, 9.17) is 10.1 Å². The van der Waals surface area contributed by atoms with Crippen LogP contribution in [-0.4, -0.2) is 39.0 Å². The summed E-state index contributed by atoms with van der Waals surface area (Å²) in [4.78, 5) is 24.2. The van der Waals surface area contributed by atoms with Gasteiger partial charge in [-0.1, -0.05) is 0 Å². The molecule has 3 aromatic heterocycles. The van der Waals surface area contributed by atoms with Gasteiger partial charge in [0.25, 0.3) is 0 Å². The minimum atomic E-state index is -0.834. The Morgan fingerprint density at radius 1 is 1.31 bits per heavy atom. The predicted octanol–water partition coefficient (Wildman–Crippen LogP) is 4.08. The number of fused-ring (bicyclic) bond motifs is 1. The Morgan fingerprint density at radius 3 is 2.85 bits per heavy atom. The van der Waals surface area contributed by atoms with Gasteiger partial charge in [0.1, 0.15) is 4.88 Å². The number of thiophene rings is 1. The summed E-state index contributed by atoms with van der Waals surface area (Å²) in [7, 11) is 0. The molecule has 4 rings (SSSR count). The molecule has 4 heterocycles. The molecule has 0 atom stereocenters. The van der Waals surface area contributed by atoms with Gasteiger partial charge in [-0.3, -0.25) is 4.90 Å². The minimum Gasteiger partial charge on any atom is -0.477 e. The van der Waals surface area contributed by atoms with Crippen molar-refractivity contribution in [2.24, 2.45) is 0 Å². The van der Waals surface area contributed by atoms with Gasteiger partial charge in [-0.15, -0.1) is 11.3 Å². The van der Waals surface area contributed by atoms with Crippen LogP contribution in [-0.2, 0) is 6.54 Å². The standard InChI is InChI=1S/C20H21N3O2S/c1-13-16(11-18(26-13)20(24)25)12-23-9-6-14(7-10-23)17-5-4-15-3-2-8-21-19(15)22-17/h2-5,8,11,14H,6-7,9-10,12H2,1H3,(H,24,25). The summed E-state index contributed by atoms with van der Waals surface area (Å²) in [5.41, 5.74) is 3.09. The van der Waals surface area contributed by atoms with Gasteiger partial charge in [0.2, 0.25) is 0 Å². The summed E-state index contributed by atoms with van der Waals surface area (Å²) in [5.74, 6) is -0.366. The van der Waals surface area contributed by atoms with Crippen LogP contribution in [0.15, 0.2) is 36.5 Å². The van der Waals surface area contributed by atoms with E-state index in [1.54, 1.807) is 6.20 Å². The molecule has 0 unspecified atom stereocenters. The molecule has 0 bridgehead atoms. The van der Waals surface area contributed by atoms with E-state index in [2.05, 4.69) is 22.0 Å². The van der Waals surface area contributed by atoms with Gasteiger partial charge in [0.15, 0.2) is 5.65 Å².